The number of urea groups is 1. The van der Waals surface area contributed by atoms with Crippen LogP contribution in [0.25, 0.3) is 6.08 Å². The smallest absolute Gasteiger partial charge is 0.321 e. The molecule has 2 amide bonds. The normalized spacial score (nSPS) is 10.4. The van der Waals surface area contributed by atoms with Crippen molar-refractivity contribution in [2.75, 3.05) is 13.1 Å². The van der Waals surface area contributed by atoms with Crippen molar-refractivity contribution in [1.29, 1.82) is 0 Å². The van der Waals surface area contributed by atoms with Gasteiger partial charge in [-0.05, 0) is 25.5 Å². The number of nitrogens with one attached hydrogen (secondary N) is 1. The Morgan fingerprint density at radius 1 is 1.25 bits per heavy atom. The third kappa shape index (κ3) is 3.77. The van der Waals surface area contributed by atoms with Gasteiger partial charge >= 0.3 is 6.03 Å². The molecule has 1 N–H and O–H groups in total. The zero-order valence-corrected chi connectivity index (χ0v) is 9.81. The summed E-state index contributed by atoms with van der Waals surface area (Å²) in [6, 6.07) is 9.81. The van der Waals surface area contributed by atoms with Crippen molar-refractivity contribution in [1.82, 2.24) is 10.2 Å². The molecule has 1 aromatic rings. The summed E-state index contributed by atoms with van der Waals surface area (Å²) in [6.45, 7) is 5.37. The predicted octanol–water partition coefficient (Wildman–Crippen LogP) is 2.71. The highest BCUT2D eigenvalue weighted by Gasteiger charge is 2.05. The predicted molar refractivity (Wildman–Crippen MR) is 66.9 cm³/mol. The third-order valence-electron chi connectivity index (χ3n) is 2.33. The first-order chi connectivity index (χ1) is 7.77. The molecule has 0 aliphatic rings. The van der Waals surface area contributed by atoms with Crippen LogP contribution in [0.1, 0.15) is 19.4 Å². The molecule has 0 saturated heterocycles. The molecule has 86 valence electrons. The summed E-state index contributed by atoms with van der Waals surface area (Å²) in [5, 5.41) is 2.74. The van der Waals surface area contributed by atoms with Crippen molar-refractivity contribution < 1.29 is 4.79 Å². The third-order valence-corrected chi connectivity index (χ3v) is 2.33. The fraction of sp³-hybridized carbons (Fsp3) is 0.308. The molecule has 0 radical (unpaired) electrons. The number of nitrogens with zero attached hydrogens (tertiary/aromatic N) is 1. The molecule has 0 aliphatic carbocycles. The second-order valence-electron chi connectivity index (χ2n) is 3.37. The van der Waals surface area contributed by atoms with Crippen LogP contribution in [-0.2, 0) is 0 Å². The van der Waals surface area contributed by atoms with Crippen LogP contribution < -0.4 is 5.32 Å². The van der Waals surface area contributed by atoms with Gasteiger partial charge in [0, 0.05) is 19.3 Å². The van der Waals surface area contributed by atoms with E-state index in [1.54, 1.807) is 11.1 Å². The summed E-state index contributed by atoms with van der Waals surface area (Å²) in [6.07, 6.45) is 3.55. The summed E-state index contributed by atoms with van der Waals surface area (Å²) in [7, 11) is 0. The molecule has 1 aromatic carbocycles. The monoisotopic (exact) mass is 218 g/mol. The average Bonchev–Trinajstić information content (AvgIpc) is 2.32. The van der Waals surface area contributed by atoms with Gasteiger partial charge in [0.25, 0.3) is 0 Å². The Hall–Kier alpha value is -1.77. The van der Waals surface area contributed by atoms with Gasteiger partial charge in [0.15, 0.2) is 0 Å². The van der Waals surface area contributed by atoms with Crippen LogP contribution in [0.2, 0.25) is 0 Å². The molecular formula is C13H18N2O. The second-order valence-corrected chi connectivity index (χ2v) is 3.37. The minimum absolute atomic E-state index is 0.0582. The van der Waals surface area contributed by atoms with Crippen LogP contribution in [0.3, 0.4) is 0 Å². The highest BCUT2D eigenvalue weighted by molar-refractivity contribution is 5.76. The molecular weight excluding hydrogens is 200 g/mol. The number of hydrogen-bond acceptors (Lipinski definition) is 1. The summed E-state index contributed by atoms with van der Waals surface area (Å²) in [5.41, 5.74) is 1.07. The van der Waals surface area contributed by atoms with Gasteiger partial charge in [-0.1, -0.05) is 30.3 Å². The van der Waals surface area contributed by atoms with Gasteiger partial charge in [0.2, 0.25) is 0 Å². The Morgan fingerprint density at radius 2 is 1.88 bits per heavy atom. The molecule has 0 fully saturated rings. The van der Waals surface area contributed by atoms with E-state index in [4.69, 9.17) is 0 Å². The first-order valence-corrected chi connectivity index (χ1v) is 5.55. The lowest BCUT2D eigenvalue weighted by Gasteiger charge is -2.17. The highest BCUT2D eigenvalue weighted by atomic mass is 16.2. The van der Waals surface area contributed by atoms with E-state index in [-0.39, 0.29) is 6.03 Å². The minimum Gasteiger partial charge on any atom is -0.325 e. The molecule has 3 heteroatoms. The highest BCUT2D eigenvalue weighted by Crippen LogP contribution is 1.99. The molecule has 0 aromatic heterocycles. The van der Waals surface area contributed by atoms with Crippen molar-refractivity contribution in [3.63, 3.8) is 0 Å². The van der Waals surface area contributed by atoms with Crippen molar-refractivity contribution in [2.45, 2.75) is 13.8 Å². The lowest BCUT2D eigenvalue weighted by molar-refractivity contribution is 0.207. The van der Waals surface area contributed by atoms with E-state index in [0.29, 0.717) is 0 Å². The van der Waals surface area contributed by atoms with E-state index in [1.165, 1.54) is 0 Å². The first kappa shape index (κ1) is 12.3. The number of hydrogen-bond donors (Lipinski definition) is 1. The number of benzene rings is 1. The van der Waals surface area contributed by atoms with Gasteiger partial charge in [0.1, 0.15) is 0 Å². The number of rotatable bonds is 4. The molecule has 0 atom stereocenters. The molecule has 0 saturated carbocycles. The van der Waals surface area contributed by atoms with Crippen molar-refractivity contribution in [3.05, 3.63) is 42.1 Å². The number of carbonyl (C=O) groups excluding carboxylic acids is 1. The van der Waals surface area contributed by atoms with Gasteiger partial charge in [0.05, 0.1) is 0 Å². The van der Waals surface area contributed by atoms with Crippen LogP contribution in [0, 0.1) is 0 Å². The lowest BCUT2D eigenvalue weighted by atomic mass is 10.2. The number of amides is 2. The van der Waals surface area contributed by atoms with Gasteiger partial charge < -0.3 is 10.2 Å². The Bertz CT molecular complexity index is 342. The van der Waals surface area contributed by atoms with Gasteiger partial charge in [-0.2, -0.15) is 0 Å². The van der Waals surface area contributed by atoms with E-state index >= 15 is 0 Å². The Morgan fingerprint density at radius 3 is 2.44 bits per heavy atom. The number of carbonyl (C=O) groups is 1. The summed E-state index contributed by atoms with van der Waals surface area (Å²) >= 11 is 0. The van der Waals surface area contributed by atoms with Crippen LogP contribution >= 0.6 is 0 Å². The lowest BCUT2D eigenvalue weighted by Crippen LogP contribution is -2.37. The van der Waals surface area contributed by atoms with Crippen LogP contribution in [-0.4, -0.2) is 24.0 Å². The van der Waals surface area contributed by atoms with Crippen LogP contribution in [0.15, 0.2) is 36.5 Å². The Balaban J connectivity index is 2.45. The SMILES string of the molecule is CCN(CC)C(=O)NC=Cc1ccccc1. The molecule has 0 spiro atoms. The molecule has 0 heterocycles. The molecule has 0 bridgehead atoms. The minimum atomic E-state index is -0.0582. The van der Waals surface area contributed by atoms with Crippen LogP contribution in [0.5, 0.6) is 0 Å². The zero-order valence-electron chi connectivity index (χ0n) is 9.81. The largest absolute Gasteiger partial charge is 0.325 e. The van der Waals surface area contributed by atoms with Gasteiger partial charge in [-0.15, -0.1) is 0 Å². The maximum Gasteiger partial charge on any atom is 0.321 e. The van der Waals surface area contributed by atoms with Crippen LogP contribution in [0.4, 0.5) is 4.79 Å². The average molecular weight is 218 g/mol. The maximum absolute atomic E-state index is 11.6. The fourth-order valence-corrected chi connectivity index (χ4v) is 1.38. The summed E-state index contributed by atoms with van der Waals surface area (Å²) in [5.74, 6) is 0. The zero-order chi connectivity index (χ0) is 11.8. The van der Waals surface area contributed by atoms with E-state index in [9.17, 15) is 4.79 Å². The van der Waals surface area contributed by atoms with Crippen molar-refractivity contribution in [2.24, 2.45) is 0 Å². The fourth-order valence-electron chi connectivity index (χ4n) is 1.38. The summed E-state index contributed by atoms with van der Waals surface area (Å²) in [4.78, 5) is 13.3. The van der Waals surface area contributed by atoms with Gasteiger partial charge in [-0.25, -0.2) is 4.79 Å². The maximum atomic E-state index is 11.6. The van der Waals surface area contributed by atoms with Gasteiger partial charge in [-0.3, -0.25) is 0 Å². The second kappa shape index (κ2) is 6.67. The van der Waals surface area contributed by atoms with E-state index in [0.717, 1.165) is 18.7 Å². The van der Waals surface area contributed by atoms with Crippen molar-refractivity contribution in [3.8, 4) is 0 Å². The molecule has 1 rings (SSSR count). The topological polar surface area (TPSA) is 32.3 Å². The quantitative estimate of drug-likeness (QED) is 0.828. The molecule has 3 nitrogen and oxygen atoms in total. The molecule has 16 heavy (non-hydrogen) atoms. The molecule has 0 aliphatic heterocycles. The Kier molecular flexibility index (Phi) is 5.12. The molecule has 0 unspecified atom stereocenters. The summed E-state index contributed by atoms with van der Waals surface area (Å²) < 4.78 is 0. The van der Waals surface area contributed by atoms with E-state index in [2.05, 4.69) is 5.32 Å². The Labute approximate surface area is 96.8 Å². The van der Waals surface area contributed by atoms with E-state index < -0.39 is 0 Å². The first-order valence-electron chi connectivity index (χ1n) is 5.55. The van der Waals surface area contributed by atoms with E-state index in [1.807, 2.05) is 50.3 Å². The van der Waals surface area contributed by atoms with Crippen molar-refractivity contribution >= 4 is 12.1 Å². The standard InChI is InChI=1S/C13H18N2O/c1-3-15(4-2)13(16)14-11-10-12-8-6-5-7-9-12/h5-11H,3-4H2,1-2H3,(H,14,16).